The zero-order valence-electron chi connectivity index (χ0n) is 7.58. The first-order valence-electron chi connectivity index (χ1n) is 4.17. The fraction of sp³-hybridized carbons (Fsp3) is 0. The normalized spacial score (nSPS) is 11.1. The zero-order valence-corrected chi connectivity index (χ0v) is 8.40. The van der Waals surface area contributed by atoms with Crippen molar-refractivity contribution >= 4 is 50.4 Å². The average Bonchev–Trinajstić information content (AvgIpc) is 2.15. The number of benzene rings is 2. The van der Waals surface area contributed by atoms with Gasteiger partial charge < -0.3 is 5.11 Å². The van der Waals surface area contributed by atoms with E-state index in [-0.39, 0.29) is 40.2 Å². The molecule has 6 heteroatoms. The number of fused-ring (bicyclic) bond motifs is 1. The molecule has 0 bridgehead atoms. The van der Waals surface area contributed by atoms with Gasteiger partial charge in [-0.25, -0.2) is 0 Å². The second-order valence-electron chi connectivity index (χ2n) is 3.17. The molecule has 2 N–H and O–H groups in total. The maximum atomic E-state index is 10.8. The van der Waals surface area contributed by atoms with Gasteiger partial charge in [0.1, 0.15) is 5.75 Å². The summed E-state index contributed by atoms with van der Waals surface area (Å²) in [6.45, 7) is 0. The summed E-state index contributed by atoms with van der Waals surface area (Å²) in [6, 6.07) is 8.72. The van der Waals surface area contributed by atoms with Crippen LogP contribution in [0.3, 0.4) is 0 Å². The summed E-state index contributed by atoms with van der Waals surface area (Å²) in [6.07, 6.45) is 0. The third-order valence-electron chi connectivity index (χ3n) is 2.09. The summed E-state index contributed by atoms with van der Waals surface area (Å²) in [4.78, 5) is -0.152. The molecular formula is C10H9NaO4S. The molecule has 0 aromatic heterocycles. The van der Waals surface area contributed by atoms with Crippen molar-refractivity contribution in [3.8, 4) is 5.75 Å². The molecule has 0 saturated heterocycles. The van der Waals surface area contributed by atoms with E-state index in [0.717, 1.165) is 0 Å². The van der Waals surface area contributed by atoms with Gasteiger partial charge in [0.15, 0.2) is 0 Å². The Labute approximate surface area is 115 Å². The molecule has 0 aliphatic rings. The molecule has 0 fully saturated rings. The molecule has 0 spiro atoms. The minimum atomic E-state index is -4.17. The van der Waals surface area contributed by atoms with Crippen LogP contribution in [0.25, 0.3) is 10.8 Å². The molecule has 0 amide bonds. The van der Waals surface area contributed by atoms with Crippen molar-refractivity contribution < 1.29 is 18.1 Å². The molecular weight excluding hydrogens is 239 g/mol. The van der Waals surface area contributed by atoms with Crippen LogP contribution in [0.2, 0.25) is 0 Å². The third-order valence-corrected chi connectivity index (χ3v) is 2.94. The summed E-state index contributed by atoms with van der Waals surface area (Å²) >= 11 is 0. The van der Waals surface area contributed by atoms with Crippen LogP contribution in [-0.2, 0) is 10.1 Å². The molecule has 0 radical (unpaired) electrons. The molecule has 2 aromatic rings. The predicted octanol–water partition coefficient (Wildman–Crippen LogP) is 1.14. The Morgan fingerprint density at radius 2 is 1.50 bits per heavy atom. The van der Waals surface area contributed by atoms with Gasteiger partial charge in [0, 0.05) is 0 Å². The predicted molar refractivity (Wildman–Crippen MR) is 62.6 cm³/mol. The first-order valence-corrected chi connectivity index (χ1v) is 5.61. The summed E-state index contributed by atoms with van der Waals surface area (Å²) in [7, 11) is -4.17. The van der Waals surface area contributed by atoms with Crippen LogP contribution in [0, 0.1) is 0 Å². The fourth-order valence-corrected chi connectivity index (χ4v) is 1.89. The zero-order chi connectivity index (χ0) is 11.1. The van der Waals surface area contributed by atoms with E-state index in [1.807, 2.05) is 0 Å². The summed E-state index contributed by atoms with van der Waals surface area (Å²) in [5.74, 6) is 0.113. The van der Waals surface area contributed by atoms with Crippen molar-refractivity contribution in [3.63, 3.8) is 0 Å². The Morgan fingerprint density at radius 1 is 0.938 bits per heavy atom. The van der Waals surface area contributed by atoms with Crippen LogP contribution >= 0.6 is 0 Å². The summed E-state index contributed by atoms with van der Waals surface area (Å²) in [5.41, 5.74) is 0. The molecule has 0 saturated carbocycles. The van der Waals surface area contributed by atoms with E-state index in [1.165, 1.54) is 30.3 Å². The van der Waals surface area contributed by atoms with Gasteiger partial charge in [-0.15, -0.1) is 0 Å². The molecule has 0 unspecified atom stereocenters. The second kappa shape index (κ2) is 4.73. The standard InChI is InChI=1S/C10H8O4S.Na.H/c11-9-3-1-8-6-10(15(12,13)14)4-2-7(8)5-9;;/h1-6,11H,(H,12,13,14);;. The van der Waals surface area contributed by atoms with Crippen molar-refractivity contribution in [2.24, 2.45) is 0 Å². The van der Waals surface area contributed by atoms with Crippen LogP contribution in [0.15, 0.2) is 41.3 Å². The van der Waals surface area contributed by atoms with Gasteiger partial charge in [-0.3, -0.25) is 4.55 Å². The topological polar surface area (TPSA) is 74.6 Å². The van der Waals surface area contributed by atoms with Gasteiger partial charge in [-0.05, 0) is 35.0 Å². The molecule has 4 nitrogen and oxygen atoms in total. The van der Waals surface area contributed by atoms with Crippen molar-refractivity contribution in [1.82, 2.24) is 0 Å². The molecule has 0 atom stereocenters. The number of rotatable bonds is 1. The average molecular weight is 248 g/mol. The Kier molecular flexibility index (Phi) is 3.98. The fourth-order valence-electron chi connectivity index (χ4n) is 1.37. The third kappa shape index (κ3) is 2.75. The van der Waals surface area contributed by atoms with E-state index in [2.05, 4.69) is 0 Å². The van der Waals surface area contributed by atoms with Crippen molar-refractivity contribution in [1.29, 1.82) is 0 Å². The van der Waals surface area contributed by atoms with E-state index in [1.54, 1.807) is 6.07 Å². The van der Waals surface area contributed by atoms with Crippen molar-refractivity contribution in [3.05, 3.63) is 36.4 Å². The van der Waals surface area contributed by atoms with E-state index < -0.39 is 10.1 Å². The molecule has 2 rings (SSSR count). The molecule has 16 heavy (non-hydrogen) atoms. The first kappa shape index (κ1) is 13.5. The van der Waals surface area contributed by atoms with Gasteiger partial charge in [-0.2, -0.15) is 8.42 Å². The second-order valence-corrected chi connectivity index (χ2v) is 4.59. The van der Waals surface area contributed by atoms with Gasteiger partial charge >= 0.3 is 29.6 Å². The summed E-state index contributed by atoms with van der Waals surface area (Å²) < 4.78 is 30.5. The van der Waals surface area contributed by atoms with Crippen LogP contribution in [-0.4, -0.2) is 47.6 Å². The number of phenolic OH excluding ortho intramolecular Hbond substituents is 1. The van der Waals surface area contributed by atoms with Crippen LogP contribution < -0.4 is 0 Å². The van der Waals surface area contributed by atoms with Gasteiger partial charge in [-0.1, -0.05) is 12.1 Å². The van der Waals surface area contributed by atoms with E-state index in [0.29, 0.717) is 10.8 Å². The number of aromatic hydroxyl groups is 1. The molecule has 0 aliphatic carbocycles. The molecule has 80 valence electrons. The monoisotopic (exact) mass is 248 g/mol. The molecule has 0 heterocycles. The number of hydrogen-bond donors (Lipinski definition) is 2. The van der Waals surface area contributed by atoms with Crippen LogP contribution in [0.1, 0.15) is 0 Å². The molecule has 2 aromatic carbocycles. The Bertz CT molecular complexity index is 622. The summed E-state index contributed by atoms with van der Waals surface area (Å²) in [5, 5.41) is 10.5. The quantitative estimate of drug-likeness (QED) is 0.586. The Balaban J connectivity index is 0.00000128. The minimum absolute atomic E-state index is 0. The molecule has 0 aliphatic heterocycles. The van der Waals surface area contributed by atoms with Gasteiger partial charge in [0.25, 0.3) is 10.1 Å². The Morgan fingerprint density at radius 3 is 2.12 bits per heavy atom. The van der Waals surface area contributed by atoms with Crippen LogP contribution in [0.5, 0.6) is 5.75 Å². The van der Waals surface area contributed by atoms with Crippen molar-refractivity contribution in [2.45, 2.75) is 4.90 Å². The maximum absolute atomic E-state index is 10.8. The van der Waals surface area contributed by atoms with Gasteiger partial charge in [0.2, 0.25) is 0 Å². The van der Waals surface area contributed by atoms with Crippen LogP contribution in [0.4, 0.5) is 0 Å². The Hall–Kier alpha value is -0.590. The van der Waals surface area contributed by atoms with Gasteiger partial charge in [0.05, 0.1) is 4.90 Å². The van der Waals surface area contributed by atoms with E-state index >= 15 is 0 Å². The van der Waals surface area contributed by atoms with E-state index in [4.69, 9.17) is 4.55 Å². The number of hydrogen-bond acceptors (Lipinski definition) is 3. The number of phenols is 1. The van der Waals surface area contributed by atoms with E-state index in [9.17, 15) is 13.5 Å². The first-order chi connectivity index (χ1) is 6.97. The SMILES string of the molecule is O=S(=O)(O)c1ccc2cc(O)ccc2c1.[NaH]. The van der Waals surface area contributed by atoms with Crippen molar-refractivity contribution in [2.75, 3.05) is 0 Å².